The second-order valence-corrected chi connectivity index (χ2v) is 5.47. The summed E-state index contributed by atoms with van der Waals surface area (Å²) in [5.74, 6) is -1.44. The third-order valence-electron chi connectivity index (χ3n) is 3.79. The SMILES string of the molecule is Cc1ccc2c(c1)nc(CNc1c(F)cc([N+](=O)[O-])cc1F)n2C. The van der Waals surface area contributed by atoms with Gasteiger partial charge in [0.15, 0.2) is 11.6 Å². The molecule has 0 aliphatic rings. The highest BCUT2D eigenvalue weighted by atomic mass is 19.1. The number of hydrogen-bond acceptors (Lipinski definition) is 4. The highest BCUT2D eigenvalue weighted by Crippen LogP contribution is 2.25. The first-order valence-electron chi connectivity index (χ1n) is 7.16. The molecule has 6 nitrogen and oxygen atoms in total. The van der Waals surface area contributed by atoms with Crippen LogP contribution in [0.3, 0.4) is 0 Å². The zero-order chi connectivity index (χ0) is 17.4. The second-order valence-electron chi connectivity index (χ2n) is 5.47. The van der Waals surface area contributed by atoms with Gasteiger partial charge in [-0.15, -0.1) is 0 Å². The van der Waals surface area contributed by atoms with Gasteiger partial charge in [0.1, 0.15) is 11.5 Å². The minimum Gasteiger partial charge on any atom is -0.373 e. The van der Waals surface area contributed by atoms with Crippen molar-refractivity contribution >= 4 is 22.4 Å². The Labute approximate surface area is 135 Å². The van der Waals surface area contributed by atoms with Crippen molar-refractivity contribution in [1.82, 2.24) is 9.55 Å². The second kappa shape index (κ2) is 5.88. The number of hydrogen-bond donors (Lipinski definition) is 1. The highest BCUT2D eigenvalue weighted by molar-refractivity contribution is 5.76. The van der Waals surface area contributed by atoms with Crippen LogP contribution in [0.5, 0.6) is 0 Å². The number of anilines is 1. The van der Waals surface area contributed by atoms with E-state index < -0.39 is 27.9 Å². The lowest BCUT2D eigenvalue weighted by molar-refractivity contribution is -0.385. The maximum absolute atomic E-state index is 13.9. The molecule has 0 amide bonds. The van der Waals surface area contributed by atoms with Crippen LogP contribution in [-0.4, -0.2) is 14.5 Å². The molecular weight excluding hydrogens is 318 g/mol. The molecule has 0 atom stereocenters. The number of aryl methyl sites for hydroxylation is 2. The number of fused-ring (bicyclic) bond motifs is 1. The first-order chi connectivity index (χ1) is 11.4. The maximum atomic E-state index is 13.9. The molecule has 1 aromatic heterocycles. The van der Waals surface area contributed by atoms with Gasteiger partial charge in [-0.25, -0.2) is 13.8 Å². The van der Waals surface area contributed by atoms with Crippen LogP contribution in [0, 0.1) is 28.7 Å². The minimum absolute atomic E-state index is 0.0792. The quantitative estimate of drug-likeness (QED) is 0.584. The molecule has 3 aromatic rings. The van der Waals surface area contributed by atoms with Gasteiger partial charge in [0.25, 0.3) is 5.69 Å². The molecule has 0 saturated carbocycles. The number of benzene rings is 2. The van der Waals surface area contributed by atoms with Gasteiger partial charge < -0.3 is 9.88 Å². The van der Waals surface area contributed by atoms with Crippen LogP contribution >= 0.6 is 0 Å². The number of nitro benzene ring substituents is 1. The van der Waals surface area contributed by atoms with Crippen LogP contribution in [0.1, 0.15) is 11.4 Å². The lowest BCUT2D eigenvalue weighted by Gasteiger charge is -2.09. The van der Waals surface area contributed by atoms with E-state index in [9.17, 15) is 18.9 Å². The van der Waals surface area contributed by atoms with E-state index in [-0.39, 0.29) is 6.54 Å². The Morgan fingerprint density at radius 1 is 1.25 bits per heavy atom. The smallest absolute Gasteiger partial charge is 0.275 e. The van der Waals surface area contributed by atoms with Crippen molar-refractivity contribution in [2.24, 2.45) is 7.05 Å². The zero-order valence-electron chi connectivity index (χ0n) is 13.0. The Bertz CT molecular complexity index is 930. The Hall–Kier alpha value is -3.03. The first kappa shape index (κ1) is 15.9. The molecular formula is C16H14F2N4O2. The zero-order valence-corrected chi connectivity index (χ0v) is 13.0. The summed E-state index contributed by atoms with van der Waals surface area (Å²) in [4.78, 5) is 14.2. The van der Waals surface area contributed by atoms with Gasteiger partial charge in [0, 0.05) is 7.05 Å². The molecule has 24 heavy (non-hydrogen) atoms. The van der Waals surface area contributed by atoms with Gasteiger partial charge >= 0.3 is 0 Å². The topological polar surface area (TPSA) is 73.0 Å². The fourth-order valence-electron chi connectivity index (χ4n) is 2.52. The molecule has 2 aromatic carbocycles. The normalized spacial score (nSPS) is 11.0. The summed E-state index contributed by atoms with van der Waals surface area (Å²) in [7, 11) is 1.81. The molecule has 0 bridgehead atoms. The molecule has 0 aliphatic heterocycles. The summed E-state index contributed by atoms with van der Waals surface area (Å²) >= 11 is 0. The van der Waals surface area contributed by atoms with Crippen molar-refractivity contribution in [2.45, 2.75) is 13.5 Å². The van der Waals surface area contributed by atoms with E-state index in [0.29, 0.717) is 18.0 Å². The van der Waals surface area contributed by atoms with Gasteiger partial charge in [0.05, 0.1) is 34.6 Å². The van der Waals surface area contributed by atoms with Crippen molar-refractivity contribution in [2.75, 3.05) is 5.32 Å². The van der Waals surface area contributed by atoms with Crippen LogP contribution < -0.4 is 5.32 Å². The van der Waals surface area contributed by atoms with E-state index in [2.05, 4.69) is 10.3 Å². The van der Waals surface area contributed by atoms with E-state index >= 15 is 0 Å². The molecule has 1 N–H and O–H groups in total. The van der Waals surface area contributed by atoms with Crippen LogP contribution in [0.4, 0.5) is 20.2 Å². The van der Waals surface area contributed by atoms with Crippen LogP contribution in [-0.2, 0) is 13.6 Å². The molecule has 0 unspecified atom stereocenters. The molecule has 8 heteroatoms. The standard InChI is InChI=1S/C16H14F2N4O2/c1-9-3-4-14-13(5-9)20-15(21(14)2)8-19-16-11(17)6-10(22(23)24)7-12(16)18/h3-7,19H,8H2,1-2H3. The van der Waals surface area contributed by atoms with E-state index in [4.69, 9.17) is 0 Å². The van der Waals surface area contributed by atoms with Crippen molar-refractivity contribution in [1.29, 1.82) is 0 Å². The van der Waals surface area contributed by atoms with Crippen LogP contribution in [0.25, 0.3) is 11.0 Å². The first-order valence-corrected chi connectivity index (χ1v) is 7.16. The lowest BCUT2D eigenvalue weighted by Crippen LogP contribution is -2.09. The van der Waals surface area contributed by atoms with Gasteiger partial charge in [-0.05, 0) is 24.6 Å². The monoisotopic (exact) mass is 332 g/mol. The average molecular weight is 332 g/mol. The molecule has 1 heterocycles. The third-order valence-corrected chi connectivity index (χ3v) is 3.79. The summed E-state index contributed by atoms with van der Waals surface area (Å²) in [6.45, 7) is 2.03. The van der Waals surface area contributed by atoms with E-state index in [0.717, 1.165) is 16.6 Å². The fraction of sp³-hybridized carbons (Fsp3) is 0.188. The largest absolute Gasteiger partial charge is 0.373 e. The predicted molar refractivity (Wildman–Crippen MR) is 85.8 cm³/mol. The molecule has 0 saturated heterocycles. The number of nitro groups is 1. The van der Waals surface area contributed by atoms with E-state index in [1.165, 1.54) is 0 Å². The fourth-order valence-corrected chi connectivity index (χ4v) is 2.52. The number of nitrogens with zero attached hydrogens (tertiary/aromatic N) is 3. The Morgan fingerprint density at radius 3 is 2.54 bits per heavy atom. The number of halogens is 2. The lowest BCUT2D eigenvalue weighted by atomic mass is 10.2. The summed E-state index contributed by atoms with van der Waals surface area (Å²) in [6, 6.07) is 7.17. The Kier molecular flexibility index (Phi) is 3.88. The van der Waals surface area contributed by atoms with Gasteiger partial charge in [-0.1, -0.05) is 6.07 Å². The number of nitrogens with one attached hydrogen (secondary N) is 1. The van der Waals surface area contributed by atoms with Crippen molar-refractivity contribution < 1.29 is 13.7 Å². The van der Waals surface area contributed by atoms with Gasteiger partial charge in [-0.3, -0.25) is 10.1 Å². The molecule has 0 aliphatic carbocycles. The predicted octanol–water partition coefficient (Wildman–Crippen LogP) is 3.68. The van der Waals surface area contributed by atoms with E-state index in [1.54, 1.807) is 0 Å². The molecule has 3 rings (SSSR count). The number of rotatable bonds is 4. The Balaban J connectivity index is 1.89. The summed E-state index contributed by atoms with van der Waals surface area (Å²) in [6.07, 6.45) is 0. The van der Waals surface area contributed by atoms with Crippen molar-refractivity contribution in [3.63, 3.8) is 0 Å². The van der Waals surface area contributed by atoms with Gasteiger partial charge in [0.2, 0.25) is 0 Å². The summed E-state index contributed by atoms with van der Waals surface area (Å²) in [5, 5.41) is 13.2. The summed E-state index contributed by atoms with van der Waals surface area (Å²) in [5.41, 5.74) is 1.71. The molecule has 124 valence electrons. The minimum atomic E-state index is -1.02. The van der Waals surface area contributed by atoms with Crippen LogP contribution in [0.2, 0.25) is 0 Å². The third kappa shape index (κ3) is 2.78. The van der Waals surface area contributed by atoms with Crippen molar-refractivity contribution in [3.8, 4) is 0 Å². The summed E-state index contributed by atoms with van der Waals surface area (Å²) < 4.78 is 29.6. The number of imidazole rings is 1. The van der Waals surface area contributed by atoms with E-state index in [1.807, 2.05) is 36.7 Å². The van der Waals surface area contributed by atoms with Crippen molar-refractivity contribution in [3.05, 3.63) is 63.5 Å². The molecule has 0 radical (unpaired) electrons. The van der Waals surface area contributed by atoms with Crippen LogP contribution in [0.15, 0.2) is 30.3 Å². The average Bonchev–Trinajstić information content (AvgIpc) is 2.81. The Morgan fingerprint density at radius 2 is 1.92 bits per heavy atom. The molecule has 0 spiro atoms. The van der Waals surface area contributed by atoms with Gasteiger partial charge in [-0.2, -0.15) is 0 Å². The molecule has 0 fully saturated rings. The highest BCUT2D eigenvalue weighted by Gasteiger charge is 2.17. The maximum Gasteiger partial charge on any atom is 0.275 e. The number of non-ortho nitro benzene ring substituents is 1. The number of aromatic nitrogens is 2.